The van der Waals surface area contributed by atoms with Gasteiger partial charge in [-0.15, -0.1) is 0 Å². The second kappa shape index (κ2) is 4.59. The number of rotatable bonds is 2. The number of nitrogens with two attached hydrogens (primary N) is 1. The van der Waals surface area contributed by atoms with Crippen LogP contribution in [0.2, 0.25) is 0 Å². The summed E-state index contributed by atoms with van der Waals surface area (Å²) in [5, 5.41) is 2.16. The van der Waals surface area contributed by atoms with Crippen molar-refractivity contribution in [3.63, 3.8) is 0 Å². The van der Waals surface area contributed by atoms with Crippen LogP contribution in [0.15, 0.2) is 26.1 Å². The number of hydrogen-bond donors (Lipinski definition) is 2. The first-order chi connectivity index (χ1) is 8.73. The van der Waals surface area contributed by atoms with Gasteiger partial charge >= 0.3 is 111 Å². The first kappa shape index (κ1) is 14.0. The third-order valence-electron chi connectivity index (χ3n) is 2.59. The molecular formula is C10H9F3N4OSe. The molecule has 102 valence electrons. The van der Waals surface area contributed by atoms with Crippen molar-refractivity contribution in [1.82, 2.24) is 0 Å². The minimum atomic E-state index is -4.83. The maximum absolute atomic E-state index is 12.6. The first-order valence-electron chi connectivity index (χ1n) is 5.12. The number of carbonyl (C=O) groups is 1. The number of fused-ring (bicyclic) bond motifs is 1. The minimum absolute atomic E-state index is 0.187. The van der Waals surface area contributed by atoms with Gasteiger partial charge in [-0.1, -0.05) is 0 Å². The number of nitrogens with zero attached hydrogens (tertiary/aromatic N) is 2. The van der Waals surface area contributed by atoms with E-state index in [0.717, 1.165) is 0 Å². The van der Waals surface area contributed by atoms with Gasteiger partial charge in [-0.05, 0) is 0 Å². The number of amides is 1. The van der Waals surface area contributed by atoms with Crippen molar-refractivity contribution in [2.45, 2.75) is 18.6 Å². The Kier molecular flexibility index (Phi) is 3.38. The summed E-state index contributed by atoms with van der Waals surface area (Å²) < 4.78 is 46.0. The van der Waals surface area contributed by atoms with Crippen molar-refractivity contribution < 1.29 is 18.0 Å². The SMILES string of the molecule is CC(N)(C(=O)Nc1cccc2c1N=[Se]=N2)C(F)(F)F. The van der Waals surface area contributed by atoms with Gasteiger partial charge in [-0.3, -0.25) is 0 Å². The Morgan fingerprint density at radius 2 is 2.05 bits per heavy atom. The molecule has 1 heterocycles. The van der Waals surface area contributed by atoms with E-state index in [0.29, 0.717) is 18.3 Å². The van der Waals surface area contributed by atoms with E-state index in [1.165, 1.54) is 6.07 Å². The number of nitrogens with one attached hydrogen (secondary N) is 1. The van der Waals surface area contributed by atoms with E-state index in [1.807, 2.05) is 0 Å². The molecule has 19 heavy (non-hydrogen) atoms. The van der Waals surface area contributed by atoms with Crippen LogP contribution in [0, 0.1) is 0 Å². The number of halogens is 3. The topological polar surface area (TPSA) is 79.8 Å². The summed E-state index contributed by atoms with van der Waals surface area (Å²) in [6, 6.07) is 4.72. The van der Waals surface area contributed by atoms with Gasteiger partial charge in [0.15, 0.2) is 0 Å². The monoisotopic (exact) mass is 338 g/mol. The Bertz CT molecular complexity index is 605. The zero-order chi connectivity index (χ0) is 14.3. The average Bonchev–Trinajstić information content (AvgIpc) is 2.76. The van der Waals surface area contributed by atoms with Crippen molar-refractivity contribution in [3.05, 3.63) is 18.2 Å². The van der Waals surface area contributed by atoms with Crippen LogP contribution in [0.1, 0.15) is 6.92 Å². The van der Waals surface area contributed by atoms with Gasteiger partial charge in [-0.25, -0.2) is 0 Å². The molecule has 9 heteroatoms. The molecule has 1 atom stereocenters. The molecule has 0 saturated carbocycles. The molecule has 0 aliphatic carbocycles. The molecule has 0 fully saturated rings. The zero-order valence-corrected chi connectivity index (χ0v) is 11.4. The molecule has 1 aliphatic rings. The van der Waals surface area contributed by atoms with Crippen LogP contribution in [0.25, 0.3) is 0 Å². The van der Waals surface area contributed by atoms with Crippen molar-refractivity contribution in [2.24, 2.45) is 13.7 Å². The first-order valence-corrected chi connectivity index (χ1v) is 6.65. The molecular weight excluding hydrogens is 328 g/mol. The van der Waals surface area contributed by atoms with Crippen LogP contribution < -0.4 is 11.1 Å². The van der Waals surface area contributed by atoms with Crippen LogP contribution in [-0.4, -0.2) is 32.2 Å². The zero-order valence-electron chi connectivity index (χ0n) is 9.65. The third-order valence-corrected chi connectivity index (χ3v) is 3.73. The normalized spacial score (nSPS) is 16.5. The van der Waals surface area contributed by atoms with Crippen LogP contribution in [-0.2, 0) is 4.79 Å². The molecule has 0 saturated heterocycles. The van der Waals surface area contributed by atoms with E-state index in [9.17, 15) is 18.0 Å². The Morgan fingerprint density at radius 3 is 2.68 bits per heavy atom. The Hall–Kier alpha value is -1.44. The Balaban J connectivity index is 2.27. The summed E-state index contributed by atoms with van der Waals surface area (Å²) in [5.74, 6) is -1.33. The third kappa shape index (κ3) is 2.49. The fourth-order valence-corrected chi connectivity index (χ4v) is 2.44. The van der Waals surface area contributed by atoms with Gasteiger partial charge in [0.25, 0.3) is 0 Å². The van der Waals surface area contributed by atoms with Crippen molar-refractivity contribution in [2.75, 3.05) is 5.32 Å². The Labute approximate surface area is 112 Å². The predicted molar refractivity (Wildman–Crippen MR) is 63.6 cm³/mol. The maximum atomic E-state index is 12.6. The van der Waals surface area contributed by atoms with Crippen LogP contribution >= 0.6 is 0 Å². The van der Waals surface area contributed by atoms with Crippen LogP contribution in [0.4, 0.5) is 30.2 Å². The van der Waals surface area contributed by atoms with Gasteiger partial charge in [0.05, 0.1) is 0 Å². The van der Waals surface area contributed by atoms with Gasteiger partial charge in [0.1, 0.15) is 0 Å². The van der Waals surface area contributed by atoms with Gasteiger partial charge in [0.2, 0.25) is 0 Å². The summed E-state index contributed by atoms with van der Waals surface area (Å²) in [5.41, 5.74) is 3.22. The molecule has 1 amide bonds. The summed E-state index contributed by atoms with van der Waals surface area (Å²) >= 11 is -0.334. The summed E-state index contributed by atoms with van der Waals surface area (Å²) in [6.45, 7) is 0.622. The van der Waals surface area contributed by atoms with E-state index < -0.39 is 17.6 Å². The number of anilines is 1. The van der Waals surface area contributed by atoms with Gasteiger partial charge in [-0.2, -0.15) is 0 Å². The van der Waals surface area contributed by atoms with Crippen molar-refractivity contribution in [3.8, 4) is 0 Å². The molecule has 1 aromatic rings. The second-order valence-electron chi connectivity index (χ2n) is 4.09. The molecule has 0 bridgehead atoms. The fourth-order valence-electron chi connectivity index (χ4n) is 1.29. The van der Waals surface area contributed by atoms with E-state index >= 15 is 0 Å². The van der Waals surface area contributed by atoms with Crippen LogP contribution in [0.3, 0.4) is 0 Å². The van der Waals surface area contributed by atoms with Crippen molar-refractivity contribution in [1.29, 1.82) is 0 Å². The van der Waals surface area contributed by atoms with Crippen molar-refractivity contribution >= 4 is 37.5 Å². The van der Waals surface area contributed by atoms with Gasteiger partial charge in [0, 0.05) is 0 Å². The molecule has 1 aliphatic heterocycles. The number of carbonyl (C=O) groups excluding carboxylic acids is 1. The van der Waals surface area contributed by atoms with E-state index in [4.69, 9.17) is 5.73 Å². The summed E-state index contributed by atoms with van der Waals surface area (Å²) in [6.07, 6.45) is -4.83. The molecule has 1 unspecified atom stereocenters. The van der Waals surface area contributed by atoms with Gasteiger partial charge < -0.3 is 0 Å². The van der Waals surface area contributed by atoms with E-state index in [1.54, 1.807) is 12.1 Å². The average molecular weight is 337 g/mol. The fraction of sp³-hybridized carbons (Fsp3) is 0.300. The summed E-state index contributed by atoms with van der Waals surface area (Å²) in [4.78, 5) is 11.7. The number of alkyl halides is 3. The van der Waals surface area contributed by atoms with E-state index in [2.05, 4.69) is 13.2 Å². The second-order valence-corrected chi connectivity index (χ2v) is 5.20. The summed E-state index contributed by atoms with van der Waals surface area (Å²) in [7, 11) is 0. The molecule has 1 aromatic carbocycles. The molecule has 0 aromatic heterocycles. The molecule has 0 radical (unpaired) electrons. The van der Waals surface area contributed by atoms with E-state index in [-0.39, 0.29) is 20.3 Å². The number of hydrogen-bond acceptors (Lipinski definition) is 4. The Morgan fingerprint density at radius 1 is 1.37 bits per heavy atom. The standard InChI is InChI=1S/C10H9F3N4OSe/c1-9(14,10(11,12)13)8(18)15-5-3-2-4-6-7(5)17-19-16-6/h2-4H,14H2,1H3,(H,15,18). The molecule has 2 rings (SSSR count). The molecule has 3 N–H and O–H groups in total. The molecule has 0 spiro atoms. The predicted octanol–water partition coefficient (Wildman–Crippen LogP) is 2.25. The quantitative estimate of drug-likeness (QED) is 0.825. The van der Waals surface area contributed by atoms with Crippen LogP contribution in [0.5, 0.6) is 0 Å². The molecule has 5 nitrogen and oxygen atoms in total. The number of benzene rings is 1.